The van der Waals surface area contributed by atoms with Gasteiger partial charge in [-0.3, -0.25) is 4.72 Å². The molecule has 2 N–H and O–H groups in total. The van der Waals surface area contributed by atoms with Gasteiger partial charge in [0.2, 0.25) is 10.0 Å². The molecule has 1 aromatic carbocycles. The highest BCUT2D eigenvalue weighted by molar-refractivity contribution is 7.92. The number of hydrogen-bond acceptors (Lipinski definition) is 3. The van der Waals surface area contributed by atoms with Crippen LogP contribution in [0.3, 0.4) is 0 Å². The molecule has 5 heteroatoms. The molecule has 0 aliphatic heterocycles. The van der Waals surface area contributed by atoms with Gasteiger partial charge in [0, 0.05) is 11.7 Å². The second kappa shape index (κ2) is 7.69. The molecule has 0 aromatic heterocycles. The van der Waals surface area contributed by atoms with Gasteiger partial charge in [-0.25, -0.2) is 8.42 Å². The van der Waals surface area contributed by atoms with Gasteiger partial charge in [0.25, 0.3) is 0 Å². The molecular formula is C16H28N2O2S. The van der Waals surface area contributed by atoms with Crippen LogP contribution in [0.5, 0.6) is 0 Å². The Balaban J connectivity index is 2.78. The van der Waals surface area contributed by atoms with E-state index >= 15 is 0 Å². The standard InChI is InChI=1S/C16H28N2O2S/c1-6-12(3)10-14(7-2)17-15-8-9-16(13(4)11-15)18-21(5,19)20/h8-9,11-12,14,17-18H,6-7,10H2,1-5H3. The van der Waals surface area contributed by atoms with Crippen molar-refractivity contribution in [3.8, 4) is 0 Å². The Bertz CT molecular complexity index is 555. The van der Waals surface area contributed by atoms with E-state index in [2.05, 4.69) is 30.8 Å². The molecule has 2 unspecified atom stereocenters. The summed E-state index contributed by atoms with van der Waals surface area (Å²) < 4.78 is 25.1. The summed E-state index contributed by atoms with van der Waals surface area (Å²) in [5.41, 5.74) is 2.60. The molecule has 21 heavy (non-hydrogen) atoms. The van der Waals surface area contributed by atoms with Crippen LogP contribution in [0.2, 0.25) is 0 Å². The molecular weight excluding hydrogens is 284 g/mol. The van der Waals surface area contributed by atoms with Crippen molar-refractivity contribution in [3.05, 3.63) is 23.8 Å². The van der Waals surface area contributed by atoms with E-state index in [0.29, 0.717) is 17.6 Å². The molecule has 0 heterocycles. The zero-order chi connectivity index (χ0) is 16.0. The topological polar surface area (TPSA) is 58.2 Å². The lowest BCUT2D eigenvalue weighted by molar-refractivity contribution is 0.462. The molecule has 1 rings (SSSR count). The lowest BCUT2D eigenvalue weighted by atomic mass is 9.97. The molecule has 0 saturated carbocycles. The van der Waals surface area contributed by atoms with Crippen molar-refractivity contribution in [2.45, 2.75) is 53.0 Å². The van der Waals surface area contributed by atoms with Crippen molar-refractivity contribution >= 4 is 21.4 Å². The van der Waals surface area contributed by atoms with Crippen molar-refractivity contribution in [2.24, 2.45) is 5.92 Å². The van der Waals surface area contributed by atoms with Crippen molar-refractivity contribution < 1.29 is 8.42 Å². The van der Waals surface area contributed by atoms with E-state index in [9.17, 15) is 8.42 Å². The molecule has 0 fully saturated rings. The Morgan fingerprint density at radius 3 is 2.33 bits per heavy atom. The third kappa shape index (κ3) is 6.38. The average molecular weight is 312 g/mol. The van der Waals surface area contributed by atoms with Gasteiger partial charge in [-0.05, 0) is 49.4 Å². The van der Waals surface area contributed by atoms with Gasteiger partial charge in [0.15, 0.2) is 0 Å². The van der Waals surface area contributed by atoms with Gasteiger partial charge in [0.1, 0.15) is 0 Å². The second-order valence-electron chi connectivity index (χ2n) is 5.90. The first-order valence-corrected chi connectivity index (χ1v) is 9.49. The summed E-state index contributed by atoms with van der Waals surface area (Å²) in [5.74, 6) is 0.703. The molecule has 4 nitrogen and oxygen atoms in total. The van der Waals surface area contributed by atoms with Crippen molar-refractivity contribution in [1.29, 1.82) is 0 Å². The van der Waals surface area contributed by atoms with Crippen LogP contribution in [0.4, 0.5) is 11.4 Å². The van der Waals surface area contributed by atoms with E-state index in [1.54, 1.807) is 0 Å². The third-order valence-electron chi connectivity index (χ3n) is 3.77. The molecule has 2 atom stereocenters. The fourth-order valence-electron chi connectivity index (χ4n) is 2.28. The zero-order valence-electron chi connectivity index (χ0n) is 13.7. The Hall–Kier alpha value is -1.23. The minimum Gasteiger partial charge on any atom is -0.382 e. The Morgan fingerprint density at radius 1 is 1.19 bits per heavy atom. The van der Waals surface area contributed by atoms with E-state index in [4.69, 9.17) is 0 Å². The lowest BCUT2D eigenvalue weighted by Gasteiger charge is -2.22. The fourth-order valence-corrected chi connectivity index (χ4v) is 2.91. The van der Waals surface area contributed by atoms with E-state index in [1.165, 1.54) is 6.42 Å². The van der Waals surface area contributed by atoms with Crippen LogP contribution in [0.1, 0.15) is 45.6 Å². The number of nitrogens with one attached hydrogen (secondary N) is 2. The van der Waals surface area contributed by atoms with E-state index in [-0.39, 0.29) is 0 Å². The molecule has 0 saturated heterocycles. The normalized spacial score (nSPS) is 14.5. The van der Waals surface area contributed by atoms with Gasteiger partial charge < -0.3 is 5.32 Å². The maximum atomic E-state index is 11.3. The highest BCUT2D eigenvalue weighted by Gasteiger charge is 2.11. The molecule has 0 aliphatic carbocycles. The maximum absolute atomic E-state index is 11.3. The van der Waals surface area contributed by atoms with E-state index in [0.717, 1.165) is 30.3 Å². The molecule has 120 valence electrons. The molecule has 0 aliphatic rings. The third-order valence-corrected chi connectivity index (χ3v) is 4.36. The van der Waals surface area contributed by atoms with Crippen LogP contribution in [-0.4, -0.2) is 20.7 Å². The predicted octanol–water partition coefficient (Wildman–Crippen LogP) is 3.99. The summed E-state index contributed by atoms with van der Waals surface area (Å²) in [6.45, 7) is 8.59. The number of hydrogen-bond donors (Lipinski definition) is 2. The first kappa shape index (κ1) is 17.8. The zero-order valence-corrected chi connectivity index (χ0v) is 14.5. The number of aryl methyl sites for hydroxylation is 1. The molecule has 0 radical (unpaired) electrons. The van der Waals surface area contributed by atoms with Crippen LogP contribution in [0.25, 0.3) is 0 Å². The summed E-state index contributed by atoms with van der Waals surface area (Å²) >= 11 is 0. The summed E-state index contributed by atoms with van der Waals surface area (Å²) in [5, 5.41) is 3.55. The second-order valence-corrected chi connectivity index (χ2v) is 7.65. The van der Waals surface area contributed by atoms with Crippen LogP contribution in [0.15, 0.2) is 18.2 Å². The quantitative estimate of drug-likeness (QED) is 0.763. The van der Waals surface area contributed by atoms with Gasteiger partial charge in [0.05, 0.1) is 11.9 Å². The van der Waals surface area contributed by atoms with Gasteiger partial charge in [-0.2, -0.15) is 0 Å². The SMILES string of the molecule is CCC(C)CC(CC)Nc1ccc(NS(C)(=O)=O)c(C)c1. The summed E-state index contributed by atoms with van der Waals surface area (Å²) in [4.78, 5) is 0. The Labute approximate surface area is 129 Å². The minimum absolute atomic E-state index is 0.452. The van der Waals surface area contributed by atoms with E-state index < -0.39 is 10.0 Å². The first-order valence-electron chi connectivity index (χ1n) is 7.60. The van der Waals surface area contributed by atoms with Gasteiger partial charge in [-0.1, -0.05) is 27.2 Å². The fraction of sp³-hybridized carbons (Fsp3) is 0.625. The number of sulfonamides is 1. The highest BCUT2D eigenvalue weighted by Crippen LogP contribution is 2.23. The molecule has 0 spiro atoms. The lowest BCUT2D eigenvalue weighted by Crippen LogP contribution is -2.21. The monoisotopic (exact) mass is 312 g/mol. The van der Waals surface area contributed by atoms with Gasteiger partial charge >= 0.3 is 0 Å². The van der Waals surface area contributed by atoms with Crippen molar-refractivity contribution in [3.63, 3.8) is 0 Å². The Kier molecular flexibility index (Phi) is 6.52. The number of anilines is 2. The van der Waals surface area contributed by atoms with Gasteiger partial charge in [-0.15, -0.1) is 0 Å². The summed E-state index contributed by atoms with van der Waals surface area (Å²) in [7, 11) is -3.23. The van der Waals surface area contributed by atoms with Crippen LogP contribution in [-0.2, 0) is 10.0 Å². The highest BCUT2D eigenvalue weighted by atomic mass is 32.2. The number of benzene rings is 1. The number of rotatable bonds is 8. The Morgan fingerprint density at radius 2 is 1.86 bits per heavy atom. The van der Waals surface area contributed by atoms with Crippen molar-refractivity contribution in [2.75, 3.05) is 16.3 Å². The van der Waals surface area contributed by atoms with Crippen molar-refractivity contribution in [1.82, 2.24) is 0 Å². The minimum atomic E-state index is -3.23. The van der Waals surface area contributed by atoms with Crippen LogP contribution in [0, 0.1) is 12.8 Å². The maximum Gasteiger partial charge on any atom is 0.229 e. The predicted molar refractivity (Wildman–Crippen MR) is 91.4 cm³/mol. The summed E-state index contributed by atoms with van der Waals surface area (Å²) in [6.07, 6.45) is 4.58. The molecule has 0 amide bonds. The average Bonchev–Trinajstić information content (AvgIpc) is 2.39. The molecule has 0 bridgehead atoms. The summed E-state index contributed by atoms with van der Waals surface area (Å²) in [6, 6.07) is 6.19. The first-order chi connectivity index (χ1) is 9.75. The molecule has 1 aromatic rings. The van der Waals surface area contributed by atoms with Crippen LogP contribution >= 0.6 is 0 Å². The largest absolute Gasteiger partial charge is 0.382 e. The van der Waals surface area contributed by atoms with E-state index in [1.807, 2.05) is 25.1 Å². The smallest absolute Gasteiger partial charge is 0.229 e. The van der Waals surface area contributed by atoms with Crippen LogP contribution < -0.4 is 10.0 Å².